The second-order valence-electron chi connectivity index (χ2n) is 4.79. The number of hydrogen-bond acceptors (Lipinski definition) is 1. The van der Waals surface area contributed by atoms with Gasteiger partial charge in [0.15, 0.2) is 5.78 Å². The number of halogens is 1. The highest BCUT2D eigenvalue weighted by Gasteiger charge is 2.15. The van der Waals surface area contributed by atoms with Crippen molar-refractivity contribution in [1.82, 2.24) is 0 Å². The van der Waals surface area contributed by atoms with Gasteiger partial charge in [0.1, 0.15) is 0 Å². The predicted molar refractivity (Wildman–Crippen MR) is 82.7 cm³/mol. The van der Waals surface area contributed by atoms with Crippen molar-refractivity contribution in [2.24, 2.45) is 0 Å². The van der Waals surface area contributed by atoms with Crippen LogP contribution in [0.2, 0.25) is 0 Å². The van der Waals surface area contributed by atoms with Crippen molar-refractivity contribution in [2.45, 2.75) is 52.4 Å². The minimum Gasteiger partial charge on any atom is -0.289 e. The van der Waals surface area contributed by atoms with Gasteiger partial charge in [0.05, 0.1) is 0 Å². The number of rotatable bonds is 8. The van der Waals surface area contributed by atoms with Gasteiger partial charge in [-0.05, 0) is 25.7 Å². The average Bonchev–Trinajstić information content (AvgIpc) is 2.46. The average molecular weight is 279 g/mol. The molecule has 0 unspecified atom stereocenters. The van der Waals surface area contributed by atoms with Crippen LogP contribution in [0.15, 0.2) is 40.9 Å². The molecule has 1 aromatic rings. The smallest absolute Gasteiger partial charge is 0.190 e. The number of Topliss-reactive ketones (excluding diaryl/α,β-unsaturated/α-hetero) is 1. The monoisotopic (exact) mass is 278 g/mol. The molecular formula is C17H23ClO. The molecule has 0 saturated heterocycles. The molecule has 0 atom stereocenters. The molecular weight excluding hydrogens is 256 g/mol. The molecule has 1 rings (SSSR count). The molecule has 2 heteroatoms. The molecule has 0 amide bonds. The zero-order valence-electron chi connectivity index (χ0n) is 11.9. The third kappa shape index (κ3) is 5.20. The third-order valence-corrected chi connectivity index (χ3v) is 3.58. The summed E-state index contributed by atoms with van der Waals surface area (Å²) in [5, 5.41) is 0.754. The van der Waals surface area contributed by atoms with Gasteiger partial charge in [0, 0.05) is 16.2 Å². The Morgan fingerprint density at radius 3 is 2.16 bits per heavy atom. The SMILES string of the molecule is CCCC/C(Cl)=C(\CCCC)C(=O)c1ccccc1. The summed E-state index contributed by atoms with van der Waals surface area (Å²) in [6, 6.07) is 9.43. The molecule has 0 heterocycles. The number of allylic oxidation sites excluding steroid dienone is 2. The van der Waals surface area contributed by atoms with Gasteiger partial charge in [-0.1, -0.05) is 68.6 Å². The van der Waals surface area contributed by atoms with Gasteiger partial charge in [0.2, 0.25) is 0 Å². The quantitative estimate of drug-likeness (QED) is 0.437. The fourth-order valence-electron chi connectivity index (χ4n) is 1.97. The maximum atomic E-state index is 12.5. The van der Waals surface area contributed by atoms with Crippen molar-refractivity contribution >= 4 is 17.4 Å². The predicted octanol–water partition coefficient (Wildman–Crippen LogP) is 5.74. The minimum atomic E-state index is 0.0927. The lowest BCUT2D eigenvalue weighted by molar-refractivity contribution is 0.102. The summed E-state index contributed by atoms with van der Waals surface area (Å²) in [7, 11) is 0. The molecule has 0 aliphatic rings. The van der Waals surface area contributed by atoms with Gasteiger partial charge < -0.3 is 0 Å². The van der Waals surface area contributed by atoms with Crippen LogP contribution >= 0.6 is 11.6 Å². The molecule has 0 saturated carbocycles. The van der Waals surface area contributed by atoms with E-state index in [1.54, 1.807) is 0 Å². The van der Waals surface area contributed by atoms with Crippen LogP contribution in [0.25, 0.3) is 0 Å². The number of hydrogen-bond donors (Lipinski definition) is 0. The lowest BCUT2D eigenvalue weighted by Gasteiger charge is -2.10. The van der Waals surface area contributed by atoms with Gasteiger partial charge >= 0.3 is 0 Å². The zero-order valence-corrected chi connectivity index (χ0v) is 12.7. The van der Waals surface area contributed by atoms with Crippen LogP contribution in [0.3, 0.4) is 0 Å². The van der Waals surface area contributed by atoms with Gasteiger partial charge in [-0.3, -0.25) is 4.79 Å². The first-order valence-corrected chi connectivity index (χ1v) is 7.55. The van der Waals surface area contributed by atoms with E-state index in [0.717, 1.165) is 54.7 Å². The maximum Gasteiger partial charge on any atom is 0.190 e. The van der Waals surface area contributed by atoms with E-state index in [1.807, 2.05) is 30.3 Å². The van der Waals surface area contributed by atoms with E-state index < -0.39 is 0 Å². The Kier molecular flexibility index (Phi) is 7.50. The van der Waals surface area contributed by atoms with Crippen molar-refractivity contribution in [3.8, 4) is 0 Å². The van der Waals surface area contributed by atoms with E-state index >= 15 is 0 Å². The molecule has 104 valence electrons. The largest absolute Gasteiger partial charge is 0.289 e. The van der Waals surface area contributed by atoms with E-state index in [0.29, 0.717) is 0 Å². The molecule has 0 fully saturated rings. The molecule has 19 heavy (non-hydrogen) atoms. The van der Waals surface area contributed by atoms with Crippen LogP contribution < -0.4 is 0 Å². The number of carbonyl (C=O) groups is 1. The summed E-state index contributed by atoms with van der Waals surface area (Å²) >= 11 is 6.36. The number of carbonyl (C=O) groups excluding carboxylic acids is 1. The van der Waals surface area contributed by atoms with E-state index in [-0.39, 0.29) is 5.78 Å². The van der Waals surface area contributed by atoms with Crippen molar-refractivity contribution in [3.63, 3.8) is 0 Å². The third-order valence-electron chi connectivity index (χ3n) is 3.17. The minimum absolute atomic E-state index is 0.0927. The Morgan fingerprint density at radius 1 is 1.00 bits per heavy atom. The lowest BCUT2D eigenvalue weighted by atomic mass is 9.97. The normalized spacial score (nSPS) is 12.2. The molecule has 0 aliphatic heterocycles. The number of ketones is 1. The highest BCUT2D eigenvalue weighted by molar-refractivity contribution is 6.32. The summed E-state index contributed by atoms with van der Waals surface area (Å²) in [4.78, 5) is 12.5. The van der Waals surface area contributed by atoms with Crippen LogP contribution in [0.1, 0.15) is 62.7 Å². The van der Waals surface area contributed by atoms with E-state index in [9.17, 15) is 4.79 Å². The summed E-state index contributed by atoms with van der Waals surface area (Å²) in [5.41, 5.74) is 1.55. The fourth-order valence-corrected chi connectivity index (χ4v) is 2.29. The van der Waals surface area contributed by atoms with Crippen molar-refractivity contribution in [2.75, 3.05) is 0 Å². The van der Waals surface area contributed by atoms with Gasteiger partial charge in [-0.25, -0.2) is 0 Å². The van der Waals surface area contributed by atoms with Crippen molar-refractivity contribution in [3.05, 3.63) is 46.5 Å². The van der Waals surface area contributed by atoms with Crippen molar-refractivity contribution < 1.29 is 4.79 Å². The molecule has 0 N–H and O–H groups in total. The highest BCUT2D eigenvalue weighted by Crippen LogP contribution is 2.24. The standard InChI is InChI=1S/C17H23ClO/c1-3-5-12-15(16(18)13-6-4-2)17(19)14-10-8-7-9-11-14/h7-11H,3-6,12-13H2,1-2H3/b16-15-. The Morgan fingerprint density at radius 2 is 1.58 bits per heavy atom. The van der Waals surface area contributed by atoms with Gasteiger partial charge in [-0.15, -0.1) is 0 Å². The Hall–Kier alpha value is -1.08. The molecule has 0 aromatic heterocycles. The topological polar surface area (TPSA) is 17.1 Å². The Bertz CT molecular complexity index is 420. The molecule has 1 aromatic carbocycles. The maximum absolute atomic E-state index is 12.5. The summed E-state index contributed by atoms with van der Waals surface area (Å²) in [6.07, 6.45) is 5.82. The fraction of sp³-hybridized carbons (Fsp3) is 0.471. The second-order valence-corrected chi connectivity index (χ2v) is 5.24. The molecule has 0 radical (unpaired) electrons. The van der Waals surface area contributed by atoms with Crippen molar-refractivity contribution in [1.29, 1.82) is 0 Å². The molecule has 0 spiro atoms. The number of benzene rings is 1. The Labute approximate surface area is 121 Å². The lowest BCUT2D eigenvalue weighted by Crippen LogP contribution is -2.05. The Balaban J connectivity index is 2.93. The van der Waals surface area contributed by atoms with Crippen LogP contribution in [-0.2, 0) is 0 Å². The van der Waals surface area contributed by atoms with Crippen LogP contribution in [0.4, 0.5) is 0 Å². The van der Waals surface area contributed by atoms with Crippen LogP contribution in [0.5, 0.6) is 0 Å². The van der Waals surface area contributed by atoms with Crippen LogP contribution in [0, 0.1) is 0 Å². The second kappa shape index (κ2) is 8.92. The first kappa shape index (κ1) is 16.0. The summed E-state index contributed by atoms with van der Waals surface area (Å²) < 4.78 is 0. The first-order valence-electron chi connectivity index (χ1n) is 7.18. The molecule has 0 aliphatic carbocycles. The van der Waals surface area contributed by atoms with E-state index in [1.165, 1.54) is 0 Å². The molecule has 1 nitrogen and oxygen atoms in total. The zero-order chi connectivity index (χ0) is 14.1. The van der Waals surface area contributed by atoms with Gasteiger partial charge in [0.25, 0.3) is 0 Å². The number of unbranched alkanes of at least 4 members (excludes halogenated alkanes) is 2. The summed E-state index contributed by atoms with van der Waals surface area (Å²) in [6.45, 7) is 4.26. The highest BCUT2D eigenvalue weighted by atomic mass is 35.5. The van der Waals surface area contributed by atoms with E-state index in [2.05, 4.69) is 13.8 Å². The van der Waals surface area contributed by atoms with E-state index in [4.69, 9.17) is 11.6 Å². The summed E-state index contributed by atoms with van der Waals surface area (Å²) in [5.74, 6) is 0.0927. The van der Waals surface area contributed by atoms with Crippen LogP contribution in [-0.4, -0.2) is 5.78 Å². The first-order chi connectivity index (χ1) is 9.20. The van der Waals surface area contributed by atoms with Gasteiger partial charge in [-0.2, -0.15) is 0 Å². The molecule has 0 bridgehead atoms.